The van der Waals surface area contributed by atoms with Gasteiger partial charge in [0.2, 0.25) is 0 Å². The number of hydrogen-bond acceptors (Lipinski definition) is 4. The fraction of sp³-hybridized carbons (Fsp3) is 0.562. The summed E-state index contributed by atoms with van der Waals surface area (Å²) in [6.45, 7) is 1.40. The number of carboxylic acids is 1. The summed E-state index contributed by atoms with van der Waals surface area (Å²) in [7, 11) is 1.56. The van der Waals surface area contributed by atoms with Crippen molar-refractivity contribution >= 4 is 5.97 Å². The average molecular weight is 292 g/mol. The summed E-state index contributed by atoms with van der Waals surface area (Å²) < 4.78 is 16.8. The number of carboxylic acid groups (broad SMARTS) is 1. The number of benzene rings is 1. The quantitative estimate of drug-likeness (QED) is 0.902. The lowest BCUT2D eigenvalue weighted by atomic mass is 9.94. The van der Waals surface area contributed by atoms with Gasteiger partial charge in [0.1, 0.15) is 6.10 Å². The minimum absolute atomic E-state index is 0.0999. The molecule has 1 saturated carbocycles. The van der Waals surface area contributed by atoms with Crippen LogP contribution in [-0.4, -0.2) is 37.5 Å². The molecule has 0 unspecified atom stereocenters. The summed E-state index contributed by atoms with van der Waals surface area (Å²) in [5.74, 6) is 0.405. The summed E-state index contributed by atoms with van der Waals surface area (Å²) in [5, 5.41) is 9.48. The van der Waals surface area contributed by atoms with Crippen LogP contribution < -0.4 is 9.47 Å². The molecule has 2 aliphatic rings. The molecule has 1 aliphatic heterocycles. The van der Waals surface area contributed by atoms with Crippen molar-refractivity contribution in [1.29, 1.82) is 0 Å². The zero-order chi connectivity index (χ0) is 14.9. The summed E-state index contributed by atoms with van der Waals surface area (Å²) in [6.07, 6.45) is 3.09. The van der Waals surface area contributed by atoms with Gasteiger partial charge in [-0.1, -0.05) is 12.1 Å². The van der Waals surface area contributed by atoms with Gasteiger partial charge in [-0.2, -0.15) is 0 Å². The van der Waals surface area contributed by atoms with Crippen molar-refractivity contribution in [3.05, 3.63) is 23.8 Å². The van der Waals surface area contributed by atoms with Crippen molar-refractivity contribution in [2.24, 2.45) is 0 Å². The second kappa shape index (κ2) is 5.56. The SMILES string of the molecule is COc1c(OC2CCOCC2)cccc1C1(C(=O)O)CC1. The van der Waals surface area contributed by atoms with Crippen molar-refractivity contribution in [3.63, 3.8) is 0 Å². The minimum Gasteiger partial charge on any atom is -0.493 e. The van der Waals surface area contributed by atoms with E-state index in [1.807, 2.05) is 18.2 Å². The molecule has 1 saturated heterocycles. The zero-order valence-electron chi connectivity index (χ0n) is 12.1. The van der Waals surface area contributed by atoms with Crippen LogP contribution in [0.5, 0.6) is 11.5 Å². The first-order valence-electron chi connectivity index (χ1n) is 7.32. The predicted octanol–water partition coefficient (Wildman–Crippen LogP) is 2.37. The van der Waals surface area contributed by atoms with Crippen molar-refractivity contribution in [3.8, 4) is 11.5 Å². The van der Waals surface area contributed by atoms with Gasteiger partial charge in [0.15, 0.2) is 11.5 Å². The van der Waals surface area contributed by atoms with Crippen molar-refractivity contribution in [2.75, 3.05) is 20.3 Å². The van der Waals surface area contributed by atoms with Crippen LogP contribution in [0, 0.1) is 0 Å². The molecule has 21 heavy (non-hydrogen) atoms. The first-order chi connectivity index (χ1) is 10.2. The average Bonchev–Trinajstić information content (AvgIpc) is 3.30. The Morgan fingerprint density at radius 2 is 2.05 bits per heavy atom. The van der Waals surface area contributed by atoms with E-state index in [0.717, 1.165) is 18.4 Å². The standard InChI is InChI=1S/C16H20O5/c1-19-14-12(16(7-8-16)15(17)18)3-2-4-13(14)21-11-5-9-20-10-6-11/h2-4,11H,5-10H2,1H3,(H,17,18). The Bertz CT molecular complexity index is 529. The van der Waals surface area contributed by atoms with Crippen LogP contribution in [0.4, 0.5) is 0 Å². The van der Waals surface area contributed by atoms with Crippen LogP contribution in [0.25, 0.3) is 0 Å². The molecule has 114 valence electrons. The fourth-order valence-electron chi connectivity index (χ4n) is 2.89. The van der Waals surface area contributed by atoms with Crippen molar-refractivity contribution < 1.29 is 24.1 Å². The first-order valence-corrected chi connectivity index (χ1v) is 7.32. The molecule has 1 heterocycles. The highest BCUT2D eigenvalue weighted by Crippen LogP contribution is 2.53. The molecule has 2 fully saturated rings. The number of carbonyl (C=O) groups is 1. The topological polar surface area (TPSA) is 65.0 Å². The largest absolute Gasteiger partial charge is 0.493 e. The highest BCUT2D eigenvalue weighted by molar-refractivity contribution is 5.86. The molecule has 5 nitrogen and oxygen atoms in total. The van der Waals surface area contributed by atoms with E-state index < -0.39 is 11.4 Å². The molecule has 0 amide bonds. The Balaban J connectivity index is 1.89. The highest BCUT2D eigenvalue weighted by atomic mass is 16.5. The van der Waals surface area contributed by atoms with Gasteiger partial charge in [0, 0.05) is 18.4 Å². The van der Waals surface area contributed by atoms with Gasteiger partial charge in [0.05, 0.1) is 25.7 Å². The first kappa shape index (κ1) is 14.2. The van der Waals surface area contributed by atoms with Gasteiger partial charge in [-0.25, -0.2) is 0 Å². The van der Waals surface area contributed by atoms with Crippen molar-refractivity contribution in [2.45, 2.75) is 37.2 Å². The van der Waals surface area contributed by atoms with Crippen LogP contribution >= 0.6 is 0 Å². The molecule has 1 aromatic rings. The second-order valence-corrected chi connectivity index (χ2v) is 5.65. The van der Waals surface area contributed by atoms with E-state index in [1.54, 1.807) is 7.11 Å². The Morgan fingerprint density at radius 1 is 1.33 bits per heavy atom. The van der Waals surface area contributed by atoms with Gasteiger partial charge in [-0.15, -0.1) is 0 Å². The maximum atomic E-state index is 11.5. The fourth-order valence-corrected chi connectivity index (χ4v) is 2.89. The van der Waals surface area contributed by atoms with Crippen LogP contribution in [0.2, 0.25) is 0 Å². The van der Waals surface area contributed by atoms with Gasteiger partial charge in [-0.05, 0) is 18.9 Å². The van der Waals surface area contributed by atoms with E-state index in [4.69, 9.17) is 14.2 Å². The molecule has 1 aromatic carbocycles. The molecule has 0 aromatic heterocycles. The molecule has 1 N–H and O–H groups in total. The molecule has 3 rings (SSSR count). The molecule has 0 atom stereocenters. The van der Waals surface area contributed by atoms with Crippen LogP contribution in [-0.2, 0) is 14.9 Å². The molecule has 1 aliphatic carbocycles. The monoisotopic (exact) mass is 292 g/mol. The molecular formula is C16H20O5. The van der Waals surface area contributed by atoms with E-state index in [-0.39, 0.29) is 6.10 Å². The van der Waals surface area contributed by atoms with E-state index in [0.29, 0.717) is 37.6 Å². The molecule has 5 heteroatoms. The molecule has 0 bridgehead atoms. The summed E-state index contributed by atoms with van der Waals surface area (Å²) in [5.41, 5.74) is -0.0672. The Labute approximate surface area is 123 Å². The lowest BCUT2D eigenvalue weighted by Gasteiger charge is -2.25. The van der Waals surface area contributed by atoms with E-state index >= 15 is 0 Å². The zero-order valence-corrected chi connectivity index (χ0v) is 12.1. The second-order valence-electron chi connectivity index (χ2n) is 5.65. The Morgan fingerprint density at radius 3 is 2.62 bits per heavy atom. The third-order valence-electron chi connectivity index (χ3n) is 4.32. The third-order valence-corrected chi connectivity index (χ3v) is 4.32. The van der Waals surface area contributed by atoms with Gasteiger partial charge in [-0.3, -0.25) is 4.79 Å². The number of para-hydroxylation sites is 1. The molecule has 0 radical (unpaired) electrons. The Hall–Kier alpha value is -1.75. The lowest BCUT2D eigenvalue weighted by molar-refractivity contribution is -0.140. The lowest BCUT2D eigenvalue weighted by Crippen LogP contribution is -2.26. The summed E-state index contributed by atoms with van der Waals surface area (Å²) in [4.78, 5) is 11.5. The highest BCUT2D eigenvalue weighted by Gasteiger charge is 2.53. The van der Waals surface area contributed by atoms with E-state index in [9.17, 15) is 9.90 Å². The third kappa shape index (κ3) is 2.58. The van der Waals surface area contributed by atoms with Crippen LogP contribution in [0.15, 0.2) is 18.2 Å². The van der Waals surface area contributed by atoms with E-state index in [2.05, 4.69) is 0 Å². The number of rotatable bonds is 5. The van der Waals surface area contributed by atoms with Crippen LogP contribution in [0.1, 0.15) is 31.2 Å². The smallest absolute Gasteiger partial charge is 0.314 e. The number of aliphatic carboxylic acids is 1. The van der Waals surface area contributed by atoms with Crippen molar-refractivity contribution in [1.82, 2.24) is 0 Å². The maximum Gasteiger partial charge on any atom is 0.314 e. The number of methoxy groups -OCH3 is 1. The maximum absolute atomic E-state index is 11.5. The van der Waals surface area contributed by atoms with Crippen LogP contribution in [0.3, 0.4) is 0 Å². The predicted molar refractivity (Wildman–Crippen MR) is 76.0 cm³/mol. The molecule has 0 spiro atoms. The molecular weight excluding hydrogens is 272 g/mol. The summed E-state index contributed by atoms with van der Waals surface area (Å²) in [6, 6.07) is 5.52. The van der Waals surface area contributed by atoms with Gasteiger partial charge in [0.25, 0.3) is 0 Å². The number of hydrogen-bond donors (Lipinski definition) is 1. The van der Waals surface area contributed by atoms with Gasteiger partial charge >= 0.3 is 5.97 Å². The number of ether oxygens (including phenoxy) is 3. The summed E-state index contributed by atoms with van der Waals surface area (Å²) >= 11 is 0. The Kier molecular flexibility index (Phi) is 3.76. The normalized spacial score (nSPS) is 20.8. The van der Waals surface area contributed by atoms with E-state index in [1.165, 1.54) is 0 Å². The van der Waals surface area contributed by atoms with Gasteiger partial charge < -0.3 is 19.3 Å². The minimum atomic E-state index is -0.791.